The largest absolute Gasteiger partial charge is 0.493 e. The Bertz CT molecular complexity index is 784. The van der Waals surface area contributed by atoms with Crippen LogP contribution in [0.5, 0.6) is 17.2 Å². The zero-order valence-corrected chi connectivity index (χ0v) is 17.0. The third kappa shape index (κ3) is 4.22. The Labute approximate surface area is 166 Å². The molecule has 1 aliphatic rings. The summed E-state index contributed by atoms with van der Waals surface area (Å²) < 4.78 is 16.1. The van der Waals surface area contributed by atoms with E-state index >= 15 is 0 Å². The number of amides is 1. The molecule has 0 radical (unpaired) electrons. The molecule has 0 saturated carbocycles. The monoisotopic (exact) mass is 384 g/mol. The summed E-state index contributed by atoms with van der Waals surface area (Å²) in [6, 6.07) is 14.0. The summed E-state index contributed by atoms with van der Waals surface area (Å²) in [4.78, 5) is 17.5. The maximum atomic E-state index is 13.2. The highest BCUT2D eigenvalue weighted by molar-refractivity contribution is 5.96. The van der Waals surface area contributed by atoms with Crippen LogP contribution in [0.15, 0.2) is 42.5 Å². The Balaban J connectivity index is 1.73. The number of ether oxygens (including phenoxy) is 3. The third-order valence-corrected chi connectivity index (χ3v) is 5.13. The van der Waals surface area contributed by atoms with Crippen molar-refractivity contribution < 1.29 is 19.0 Å². The molecule has 0 unspecified atom stereocenters. The van der Waals surface area contributed by atoms with Gasteiger partial charge in [-0.25, -0.2) is 0 Å². The summed E-state index contributed by atoms with van der Waals surface area (Å²) >= 11 is 0. The summed E-state index contributed by atoms with van der Waals surface area (Å²) in [5, 5.41) is 0. The van der Waals surface area contributed by atoms with E-state index in [1.54, 1.807) is 33.5 Å². The predicted molar refractivity (Wildman–Crippen MR) is 108 cm³/mol. The van der Waals surface area contributed by atoms with Crippen molar-refractivity contribution in [2.75, 3.05) is 41.0 Å². The van der Waals surface area contributed by atoms with E-state index < -0.39 is 0 Å². The van der Waals surface area contributed by atoms with Gasteiger partial charge < -0.3 is 19.1 Å². The molecule has 2 aromatic rings. The zero-order chi connectivity index (χ0) is 20.1. The van der Waals surface area contributed by atoms with Crippen LogP contribution in [0.25, 0.3) is 0 Å². The second-order valence-corrected chi connectivity index (χ2v) is 6.98. The smallest absolute Gasteiger partial charge is 0.254 e. The molecule has 0 spiro atoms. The van der Waals surface area contributed by atoms with Crippen LogP contribution in [0.4, 0.5) is 0 Å². The molecule has 1 saturated heterocycles. The van der Waals surface area contributed by atoms with Crippen molar-refractivity contribution in [3.63, 3.8) is 0 Å². The lowest BCUT2D eigenvalue weighted by Crippen LogP contribution is -2.53. The maximum absolute atomic E-state index is 13.2. The van der Waals surface area contributed by atoms with Gasteiger partial charge in [0.1, 0.15) is 0 Å². The predicted octanol–water partition coefficient (Wildman–Crippen LogP) is 3.06. The van der Waals surface area contributed by atoms with E-state index in [-0.39, 0.29) is 11.9 Å². The lowest BCUT2D eigenvalue weighted by Gasteiger charge is -2.40. The first kappa shape index (κ1) is 20.0. The molecule has 0 aliphatic carbocycles. The van der Waals surface area contributed by atoms with Crippen molar-refractivity contribution >= 4 is 5.91 Å². The van der Waals surface area contributed by atoms with Crippen molar-refractivity contribution in [2.45, 2.75) is 19.5 Å². The fourth-order valence-electron chi connectivity index (χ4n) is 3.69. The average molecular weight is 384 g/mol. The average Bonchev–Trinajstić information content (AvgIpc) is 2.73. The quantitative estimate of drug-likeness (QED) is 0.766. The van der Waals surface area contributed by atoms with Gasteiger partial charge in [0.25, 0.3) is 5.91 Å². The summed E-state index contributed by atoms with van der Waals surface area (Å²) in [5.74, 6) is 1.44. The van der Waals surface area contributed by atoms with Crippen LogP contribution < -0.4 is 14.2 Å². The Morgan fingerprint density at radius 3 is 2.18 bits per heavy atom. The molecule has 3 rings (SSSR count). The van der Waals surface area contributed by atoms with Crippen LogP contribution in [0, 0.1) is 0 Å². The van der Waals surface area contributed by atoms with Crippen molar-refractivity contribution in [2.24, 2.45) is 0 Å². The number of carbonyl (C=O) groups excluding carboxylic acids is 1. The van der Waals surface area contributed by atoms with Crippen LogP contribution in [-0.4, -0.2) is 62.7 Å². The molecular weight excluding hydrogens is 356 g/mol. The molecule has 150 valence electrons. The van der Waals surface area contributed by atoms with Gasteiger partial charge in [-0.15, -0.1) is 0 Å². The molecule has 0 bridgehead atoms. The summed E-state index contributed by atoms with van der Waals surface area (Å²) in [6.07, 6.45) is 0. The minimum atomic E-state index is -0.0221. The summed E-state index contributed by atoms with van der Waals surface area (Å²) in [5.41, 5.74) is 1.83. The van der Waals surface area contributed by atoms with Gasteiger partial charge in [-0.3, -0.25) is 9.69 Å². The van der Waals surface area contributed by atoms with Crippen LogP contribution in [-0.2, 0) is 6.54 Å². The first-order valence-corrected chi connectivity index (χ1v) is 9.44. The molecule has 1 atom stereocenters. The lowest BCUT2D eigenvalue weighted by atomic mass is 10.1. The highest BCUT2D eigenvalue weighted by atomic mass is 16.5. The molecule has 1 heterocycles. The van der Waals surface area contributed by atoms with E-state index in [0.717, 1.165) is 19.6 Å². The first-order chi connectivity index (χ1) is 13.6. The topological polar surface area (TPSA) is 51.2 Å². The Morgan fingerprint density at radius 2 is 1.64 bits per heavy atom. The molecule has 1 fully saturated rings. The third-order valence-electron chi connectivity index (χ3n) is 5.13. The van der Waals surface area contributed by atoms with E-state index in [2.05, 4.69) is 36.1 Å². The molecule has 0 N–H and O–H groups in total. The molecule has 1 amide bonds. The fraction of sp³-hybridized carbons (Fsp3) is 0.409. The van der Waals surface area contributed by atoms with E-state index in [1.165, 1.54) is 5.56 Å². The second kappa shape index (κ2) is 8.97. The van der Waals surface area contributed by atoms with Crippen molar-refractivity contribution in [3.05, 3.63) is 53.6 Å². The minimum absolute atomic E-state index is 0.0221. The molecule has 1 aliphatic heterocycles. The SMILES string of the molecule is COc1cc(C(=O)N2CCN(Cc3ccccc3)C[C@H]2C)cc(OC)c1OC. The normalized spacial score (nSPS) is 17.3. The number of carbonyl (C=O) groups is 1. The number of piperazine rings is 1. The Hall–Kier alpha value is -2.73. The molecular formula is C22H28N2O4. The van der Waals surface area contributed by atoms with Gasteiger partial charge in [-0.05, 0) is 24.6 Å². The number of benzene rings is 2. The van der Waals surface area contributed by atoms with Crippen molar-refractivity contribution in [3.8, 4) is 17.2 Å². The number of hydrogen-bond donors (Lipinski definition) is 0. The second-order valence-electron chi connectivity index (χ2n) is 6.98. The number of hydrogen-bond acceptors (Lipinski definition) is 5. The number of nitrogens with zero attached hydrogens (tertiary/aromatic N) is 2. The Kier molecular flexibility index (Phi) is 6.41. The van der Waals surface area contributed by atoms with Gasteiger partial charge in [-0.2, -0.15) is 0 Å². The highest BCUT2D eigenvalue weighted by Crippen LogP contribution is 2.38. The van der Waals surface area contributed by atoms with Gasteiger partial charge in [0.15, 0.2) is 11.5 Å². The number of rotatable bonds is 6. The van der Waals surface area contributed by atoms with E-state index in [4.69, 9.17) is 14.2 Å². The van der Waals surface area contributed by atoms with Crippen LogP contribution in [0.3, 0.4) is 0 Å². The van der Waals surface area contributed by atoms with Crippen LogP contribution in [0.1, 0.15) is 22.8 Å². The van der Waals surface area contributed by atoms with E-state index in [1.807, 2.05) is 11.0 Å². The van der Waals surface area contributed by atoms with E-state index in [9.17, 15) is 4.79 Å². The molecule has 6 heteroatoms. The van der Waals surface area contributed by atoms with Crippen LogP contribution in [0.2, 0.25) is 0 Å². The molecule has 2 aromatic carbocycles. The standard InChI is InChI=1S/C22H28N2O4/c1-16-14-23(15-17-8-6-5-7-9-17)10-11-24(16)22(25)18-12-19(26-2)21(28-4)20(13-18)27-3/h5-9,12-13,16H,10-11,14-15H2,1-4H3/t16-/m1/s1. The van der Waals surface area contributed by atoms with Crippen LogP contribution >= 0.6 is 0 Å². The molecule has 6 nitrogen and oxygen atoms in total. The number of methoxy groups -OCH3 is 3. The van der Waals surface area contributed by atoms with Gasteiger partial charge in [0, 0.05) is 37.8 Å². The fourth-order valence-corrected chi connectivity index (χ4v) is 3.69. The maximum Gasteiger partial charge on any atom is 0.254 e. The Morgan fingerprint density at radius 1 is 1.00 bits per heavy atom. The van der Waals surface area contributed by atoms with Gasteiger partial charge in [0.05, 0.1) is 21.3 Å². The zero-order valence-electron chi connectivity index (χ0n) is 17.0. The lowest BCUT2D eigenvalue weighted by molar-refractivity contribution is 0.0475. The van der Waals surface area contributed by atoms with Gasteiger partial charge >= 0.3 is 0 Å². The summed E-state index contributed by atoms with van der Waals surface area (Å²) in [7, 11) is 4.66. The van der Waals surface area contributed by atoms with Gasteiger partial charge in [0.2, 0.25) is 5.75 Å². The summed E-state index contributed by atoms with van der Waals surface area (Å²) in [6.45, 7) is 5.36. The van der Waals surface area contributed by atoms with Gasteiger partial charge in [-0.1, -0.05) is 30.3 Å². The van der Waals surface area contributed by atoms with E-state index in [0.29, 0.717) is 29.4 Å². The molecule has 0 aromatic heterocycles. The van der Waals surface area contributed by atoms with Crippen molar-refractivity contribution in [1.82, 2.24) is 9.80 Å². The minimum Gasteiger partial charge on any atom is -0.493 e. The van der Waals surface area contributed by atoms with Crippen molar-refractivity contribution in [1.29, 1.82) is 0 Å². The molecule has 28 heavy (non-hydrogen) atoms. The highest BCUT2D eigenvalue weighted by Gasteiger charge is 2.29. The first-order valence-electron chi connectivity index (χ1n) is 9.44.